The minimum atomic E-state index is 0.580. The summed E-state index contributed by atoms with van der Waals surface area (Å²) in [4.78, 5) is 4.10. The predicted molar refractivity (Wildman–Crippen MR) is 48.8 cm³/mol. The third-order valence-electron chi connectivity index (χ3n) is 1.52. The number of thiazole rings is 1. The first-order valence-electron chi connectivity index (χ1n) is 3.58. The fraction of sp³-hybridized carbons (Fsp3) is 0.333. The summed E-state index contributed by atoms with van der Waals surface area (Å²) in [5, 5.41) is 12.0. The molecule has 0 aromatic carbocycles. The zero-order valence-electron chi connectivity index (χ0n) is 6.81. The van der Waals surface area contributed by atoms with Crippen molar-refractivity contribution in [3.63, 3.8) is 0 Å². The molecule has 0 aliphatic rings. The van der Waals surface area contributed by atoms with E-state index in [4.69, 9.17) is 11.6 Å². The van der Waals surface area contributed by atoms with E-state index in [1.807, 2.05) is 6.92 Å². The summed E-state index contributed by atoms with van der Waals surface area (Å²) in [6, 6.07) is 0. The van der Waals surface area contributed by atoms with E-state index in [0.717, 1.165) is 10.8 Å². The molecule has 0 fully saturated rings. The number of aromatic nitrogens is 5. The third-order valence-corrected chi connectivity index (χ3v) is 2.62. The summed E-state index contributed by atoms with van der Waals surface area (Å²) in [5.41, 5.74) is 0. The van der Waals surface area contributed by atoms with Crippen molar-refractivity contribution >= 4 is 22.9 Å². The molecule has 0 aliphatic heterocycles. The smallest absolute Gasteiger partial charge is 0.148 e. The topological polar surface area (TPSA) is 56.5 Å². The molecular weight excluding hydrogens is 210 g/mol. The lowest BCUT2D eigenvalue weighted by Crippen LogP contribution is -2.03. The number of tetrazole rings is 1. The monoisotopic (exact) mass is 215 g/mol. The van der Waals surface area contributed by atoms with Gasteiger partial charge in [-0.05, 0) is 17.4 Å². The van der Waals surface area contributed by atoms with Gasteiger partial charge in [-0.1, -0.05) is 11.6 Å². The van der Waals surface area contributed by atoms with Crippen molar-refractivity contribution in [2.24, 2.45) is 0 Å². The van der Waals surface area contributed by atoms with E-state index in [9.17, 15) is 0 Å². The van der Waals surface area contributed by atoms with Gasteiger partial charge in [0.25, 0.3) is 0 Å². The van der Waals surface area contributed by atoms with Crippen LogP contribution < -0.4 is 0 Å². The second kappa shape index (κ2) is 3.39. The molecule has 0 bridgehead atoms. The van der Waals surface area contributed by atoms with Crippen molar-refractivity contribution in [3.05, 3.63) is 21.4 Å². The minimum Gasteiger partial charge on any atom is -0.246 e. The Kier molecular flexibility index (Phi) is 2.24. The molecule has 0 aliphatic carbocycles. The fourth-order valence-electron chi connectivity index (χ4n) is 0.885. The molecule has 0 atom stereocenters. The summed E-state index contributed by atoms with van der Waals surface area (Å²) in [7, 11) is 0. The van der Waals surface area contributed by atoms with Crippen LogP contribution in [0.25, 0.3) is 0 Å². The van der Waals surface area contributed by atoms with E-state index in [2.05, 4.69) is 20.5 Å². The molecule has 7 heteroatoms. The van der Waals surface area contributed by atoms with Crippen LogP contribution in [0.3, 0.4) is 0 Å². The lowest BCUT2D eigenvalue weighted by molar-refractivity contribution is 0.631. The highest BCUT2D eigenvalue weighted by Gasteiger charge is 2.04. The largest absolute Gasteiger partial charge is 0.246 e. The van der Waals surface area contributed by atoms with Crippen LogP contribution in [0, 0.1) is 6.92 Å². The SMILES string of the molecule is Cc1nnnn1Cc1ncc(Cl)s1. The number of hydrogen-bond donors (Lipinski definition) is 0. The first kappa shape index (κ1) is 8.58. The lowest BCUT2D eigenvalue weighted by atomic mass is 10.6. The van der Waals surface area contributed by atoms with Crippen LogP contribution in [0.2, 0.25) is 4.34 Å². The minimum absolute atomic E-state index is 0.580. The molecule has 13 heavy (non-hydrogen) atoms. The Morgan fingerprint density at radius 3 is 3.00 bits per heavy atom. The first-order valence-corrected chi connectivity index (χ1v) is 4.78. The van der Waals surface area contributed by atoms with Crippen LogP contribution in [-0.2, 0) is 6.54 Å². The second-order valence-electron chi connectivity index (χ2n) is 2.44. The van der Waals surface area contributed by atoms with E-state index < -0.39 is 0 Å². The number of nitrogens with zero attached hydrogens (tertiary/aromatic N) is 5. The van der Waals surface area contributed by atoms with Crippen LogP contribution >= 0.6 is 22.9 Å². The molecule has 0 saturated heterocycles. The van der Waals surface area contributed by atoms with Gasteiger partial charge in [0.1, 0.15) is 15.2 Å². The average Bonchev–Trinajstić information content (AvgIpc) is 2.64. The maximum atomic E-state index is 5.74. The molecule has 0 unspecified atom stereocenters. The van der Waals surface area contributed by atoms with Crippen LogP contribution in [0.5, 0.6) is 0 Å². The van der Waals surface area contributed by atoms with Crippen LogP contribution in [0.1, 0.15) is 10.8 Å². The zero-order valence-corrected chi connectivity index (χ0v) is 8.38. The maximum absolute atomic E-state index is 5.74. The summed E-state index contributed by atoms with van der Waals surface area (Å²) in [6.07, 6.45) is 1.63. The number of aryl methyl sites for hydroxylation is 1. The third kappa shape index (κ3) is 1.84. The van der Waals surface area contributed by atoms with Gasteiger partial charge >= 0.3 is 0 Å². The quantitative estimate of drug-likeness (QED) is 0.754. The highest BCUT2D eigenvalue weighted by atomic mass is 35.5. The van der Waals surface area contributed by atoms with Crippen molar-refractivity contribution in [2.45, 2.75) is 13.5 Å². The maximum Gasteiger partial charge on any atom is 0.148 e. The van der Waals surface area contributed by atoms with Crippen molar-refractivity contribution in [1.82, 2.24) is 25.2 Å². The normalized spacial score (nSPS) is 10.6. The van der Waals surface area contributed by atoms with Gasteiger partial charge in [-0.3, -0.25) is 0 Å². The van der Waals surface area contributed by atoms with Crippen LogP contribution in [0.15, 0.2) is 6.20 Å². The summed E-state index contributed by atoms with van der Waals surface area (Å²) >= 11 is 7.17. The zero-order chi connectivity index (χ0) is 9.26. The van der Waals surface area contributed by atoms with Crippen molar-refractivity contribution < 1.29 is 0 Å². The second-order valence-corrected chi connectivity index (χ2v) is 4.19. The molecule has 68 valence electrons. The molecule has 0 amide bonds. The van der Waals surface area contributed by atoms with Gasteiger partial charge in [-0.15, -0.1) is 16.4 Å². The Labute approximate surface area is 83.4 Å². The fourth-order valence-corrected chi connectivity index (χ4v) is 1.82. The summed E-state index contributed by atoms with van der Waals surface area (Å²) in [6.45, 7) is 2.42. The molecular formula is C6H6ClN5S. The van der Waals surface area contributed by atoms with E-state index >= 15 is 0 Å². The van der Waals surface area contributed by atoms with Gasteiger partial charge in [-0.2, -0.15) is 0 Å². The van der Waals surface area contributed by atoms with Crippen molar-refractivity contribution in [3.8, 4) is 0 Å². The first-order chi connectivity index (χ1) is 6.25. The van der Waals surface area contributed by atoms with Crippen LogP contribution in [-0.4, -0.2) is 25.2 Å². The summed E-state index contributed by atoms with van der Waals surface area (Å²) in [5.74, 6) is 0.770. The molecule has 0 saturated carbocycles. The van der Waals surface area contributed by atoms with Gasteiger partial charge < -0.3 is 0 Å². The Bertz CT molecular complexity index is 409. The van der Waals surface area contributed by atoms with Gasteiger partial charge in [0.05, 0.1) is 12.7 Å². The van der Waals surface area contributed by atoms with E-state index in [-0.39, 0.29) is 0 Å². The molecule has 2 aromatic rings. The van der Waals surface area contributed by atoms with E-state index in [1.54, 1.807) is 10.9 Å². The average molecular weight is 216 g/mol. The molecule has 0 N–H and O–H groups in total. The van der Waals surface area contributed by atoms with Crippen LogP contribution in [0.4, 0.5) is 0 Å². The van der Waals surface area contributed by atoms with Gasteiger partial charge in [0, 0.05) is 0 Å². The molecule has 5 nitrogen and oxygen atoms in total. The Morgan fingerprint density at radius 1 is 1.62 bits per heavy atom. The standard InChI is InChI=1S/C6H6ClN5S/c1-4-9-10-11-12(4)3-6-8-2-5(7)13-6/h2H,3H2,1H3. The number of rotatable bonds is 2. The van der Waals surface area contributed by atoms with Gasteiger partial charge in [0.2, 0.25) is 0 Å². The van der Waals surface area contributed by atoms with Crippen molar-refractivity contribution in [2.75, 3.05) is 0 Å². The highest BCUT2D eigenvalue weighted by molar-refractivity contribution is 7.15. The Balaban J connectivity index is 2.19. The number of halogens is 1. The van der Waals surface area contributed by atoms with Gasteiger partial charge in [0.15, 0.2) is 0 Å². The number of hydrogen-bond acceptors (Lipinski definition) is 5. The molecule has 0 radical (unpaired) electrons. The molecule has 2 aromatic heterocycles. The molecule has 2 rings (SSSR count). The molecule has 2 heterocycles. The molecule has 0 spiro atoms. The van der Waals surface area contributed by atoms with E-state index in [1.165, 1.54) is 11.3 Å². The Morgan fingerprint density at radius 2 is 2.46 bits per heavy atom. The van der Waals surface area contributed by atoms with Gasteiger partial charge in [-0.25, -0.2) is 9.67 Å². The van der Waals surface area contributed by atoms with E-state index in [0.29, 0.717) is 10.9 Å². The Hall–Kier alpha value is -1.01. The summed E-state index contributed by atoms with van der Waals surface area (Å²) < 4.78 is 2.36. The lowest BCUT2D eigenvalue weighted by Gasteiger charge is -1.95. The van der Waals surface area contributed by atoms with Crippen molar-refractivity contribution in [1.29, 1.82) is 0 Å². The predicted octanol–water partition coefficient (Wildman–Crippen LogP) is 1.14. The highest BCUT2D eigenvalue weighted by Crippen LogP contribution is 2.18.